The first-order valence-corrected chi connectivity index (χ1v) is 9.01. The molecule has 2 fully saturated rings. The summed E-state index contributed by atoms with van der Waals surface area (Å²) in [5, 5.41) is 2.52. The third kappa shape index (κ3) is 3.84. The Kier molecular flexibility index (Phi) is 5.26. The monoisotopic (exact) mass is 382 g/mol. The Morgan fingerprint density at radius 2 is 1.78 bits per heavy atom. The van der Waals surface area contributed by atoms with Crippen LogP contribution in [0.15, 0.2) is 24.3 Å². The molecule has 0 aromatic heterocycles. The van der Waals surface area contributed by atoms with Crippen molar-refractivity contribution in [2.45, 2.75) is 51.4 Å². The highest BCUT2D eigenvalue weighted by atomic mass is 19.4. The quantitative estimate of drug-likeness (QED) is 0.815. The highest BCUT2D eigenvalue weighted by molar-refractivity contribution is 6.08. The molecule has 0 spiro atoms. The normalized spacial score (nSPS) is 23.9. The van der Waals surface area contributed by atoms with Crippen LogP contribution >= 0.6 is 0 Å². The van der Waals surface area contributed by atoms with Crippen molar-refractivity contribution >= 4 is 17.7 Å². The first-order chi connectivity index (χ1) is 12.7. The number of imide groups is 1. The number of hydrogen-bond acceptors (Lipinski definition) is 3. The molecule has 0 radical (unpaired) electrons. The summed E-state index contributed by atoms with van der Waals surface area (Å²) < 4.78 is 38.3. The highest BCUT2D eigenvalue weighted by Gasteiger charge is 2.50. The first kappa shape index (κ1) is 19.4. The number of benzene rings is 1. The van der Waals surface area contributed by atoms with Crippen LogP contribution in [-0.4, -0.2) is 28.7 Å². The molecule has 3 atom stereocenters. The van der Waals surface area contributed by atoms with Crippen LogP contribution in [-0.2, 0) is 27.1 Å². The molecule has 27 heavy (non-hydrogen) atoms. The summed E-state index contributed by atoms with van der Waals surface area (Å²) in [7, 11) is 0. The molecule has 1 aromatic carbocycles. The number of rotatable bonds is 4. The number of halogens is 3. The summed E-state index contributed by atoms with van der Waals surface area (Å²) in [5.41, 5.74) is -0.505. The van der Waals surface area contributed by atoms with Crippen molar-refractivity contribution in [3.05, 3.63) is 35.4 Å². The Hall–Kier alpha value is -2.38. The fourth-order valence-corrected chi connectivity index (χ4v) is 3.88. The second kappa shape index (κ2) is 7.32. The first-order valence-electron chi connectivity index (χ1n) is 9.01. The zero-order valence-corrected chi connectivity index (χ0v) is 14.9. The Morgan fingerprint density at radius 1 is 1.19 bits per heavy atom. The van der Waals surface area contributed by atoms with E-state index in [-0.39, 0.29) is 35.8 Å². The summed E-state index contributed by atoms with van der Waals surface area (Å²) in [6.45, 7) is 1.35. The van der Waals surface area contributed by atoms with Crippen LogP contribution in [0.25, 0.3) is 0 Å². The van der Waals surface area contributed by atoms with Gasteiger partial charge in [0.25, 0.3) is 0 Å². The Labute approximate surface area is 154 Å². The van der Waals surface area contributed by atoms with Gasteiger partial charge >= 0.3 is 6.18 Å². The minimum atomic E-state index is -4.46. The number of amides is 3. The van der Waals surface area contributed by atoms with E-state index in [4.69, 9.17) is 0 Å². The molecule has 1 heterocycles. The molecule has 5 nitrogen and oxygen atoms in total. The summed E-state index contributed by atoms with van der Waals surface area (Å²) in [4.78, 5) is 38.5. The lowest BCUT2D eigenvalue weighted by molar-refractivity contribution is -0.147. The van der Waals surface area contributed by atoms with E-state index in [0.717, 1.165) is 29.9 Å². The Bertz CT molecular complexity index is 739. The molecular formula is C19H21F3N2O3. The second-order valence-electron chi connectivity index (χ2n) is 7.14. The summed E-state index contributed by atoms with van der Waals surface area (Å²) >= 11 is 0. The number of hydrogen-bond donors (Lipinski definition) is 1. The van der Waals surface area contributed by atoms with Gasteiger partial charge in [-0.1, -0.05) is 25.0 Å². The van der Waals surface area contributed by atoms with Crippen LogP contribution in [0.1, 0.15) is 43.7 Å². The van der Waals surface area contributed by atoms with Crippen LogP contribution in [0.5, 0.6) is 0 Å². The molecule has 1 aromatic rings. The maximum Gasteiger partial charge on any atom is 0.416 e. The molecule has 1 N–H and O–H groups in total. The van der Waals surface area contributed by atoms with E-state index in [1.165, 1.54) is 19.1 Å². The van der Waals surface area contributed by atoms with Gasteiger partial charge in [-0.15, -0.1) is 0 Å². The molecule has 1 aliphatic heterocycles. The molecule has 8 heteroatoms. The number of carbonyl (C=O) groups is 3. The van der Waals surface area contributed by atoms with Crippen molar-refractivity contribution in [1.29, 1.82) is 0 Å². The molecule has 0 unspecified atom stereocenters. The van der Waals surface area contributed by atoms with E-state index >= 15 is 0 Å². The van der Waals surface area contributed by atoms with Gasteiger partial charge in [0.2, 0.25) is 17.7 Å². The van der Waals surface area contributed by atoms with Gasteiger partial charge in [-0.05, 0) is 37.5 Å². The van der Waals surface area contributed by atoms with Gasteiger partial charge < -0.3 is 5.32 Å². The van der Waals surface area contributed by atoms with Gasteiger partial charge in [-0.25, -0.2) is 0 Å². The van der Waals surface area contributed by atoms with Crippen LogP contribution in [0.4, 0.5) is 13.2 Å². The number of likely N-dealkylation sites (tertiary alicyclic amines) is 1. The largest absolute Gasteiger partial charge is 0.416 e. The molecule has 2 aliphatic rings. The molecule has 1 aliphatic carbocycles. The van der Waals surface area contributed by atoms with Crippen LogP contribution < -0.4 is 5.32 Å². The highest BCUT2D eigenvalue weighted by Crippen LogP contribution is 2.38. The van der Waals surface area contributed by atoms with E-state index in [2.05, 4.69) is 5.32 Å². The fraction of sp³-hybridized carbons (Fsp3) is 0.526. The lowest BCUT2D eigenvalue weighted by Crippen LogP contribution is -2.48. The zero-order valence-electron chi connectivity index (χ0n) is 14.9. The summed E-state index contributed by atoms with van der Waals surface area (Å²) in [6, 6.07) is 3.68. The number of alkyl halides is 3. The SMILES string of the molecule is C[C@@H](C(=O)NCc1cccc(C(F)(F)F)c1)N1C(=O)[C@H]2CCCC[C@H]2C1=O. The standard InChI is InChI=1S/C19H21F3N2O3/c1-11(24-17(26)14-7-2-3-8-15(14)18(24)27)16(25)23-10-12-5-4-6-13(9-12)19(20,21)22/h4-6,9,11,14-15H,2-3,7-8,10H2,1H3,(H,23,25)/t11-,14-,15+/m0/s1. The van der Waals surface area contributed by atoms with Crippen LogP contribution in [0.2, 0.25) is 0 Å². The lowest BCUT2D eigenvalue weighted by Gasteiger charge is -2.22. The fourth-order valence-electron chi connectivity index (χ4n) is 3.88. The number of nitrogens with one attached hydrogen (secondary N) is 1. The molecule has 146 valence electrons. The molecular weight excluding hydrogens is 361 g/mol. The van der Waals surface area contributed by atoms with Gasteiger partial charge in [-0.3, -0.25) is 19.3 Å². The summed E-state index contributed by atoms with van der Waals surface area (Å²) in [6.07, 6.45) is -1.36. The van der Waals surface area contributed by atoms with E-state index in [1.54, 1.807) is 0 Å². The van der Waals surface area contributed by atoms with Crippen LogP contribution in [0.3, 0.4) is 0 Å². The van der Waals surface area contributed by atoms with Crippen molar-refractivity contribution in [3.63, 3.8) is 0 Å². The average molecular weight is 382 g/mol. The Balaban J connectivity index is 1.65. The van der Waals surface area contributed by atoms with Crippen molar-refractivity contribution < 1.29 is 27.6 Å². The van der Waals surface area contributed by atoms with Crippen molar-refractivity contribution in [1.82, 2.24) is 10.2 Å². The van der Waals surface area contributed by atoms with Crippen molar-refractivity contribution in [3.8, 4) is 0 Å². The van der Waals surface area contributed by atoms with Crippen LogP contribution in [0, 0.1) is 11.8 Å². The van der Waals surface area contributed by atoms with E-state index in [1.807, 2.05) is 0 Å². The van der Waals surface area contributed by atoms with Crippen molar-refractivity contribution in [2.75, 3.05) is 0 Å². The molecule has 3 rings (SSSR count). The van der Waals surface area contributed by atoms with Crippen molar-refractivity contribution in [2.24, 2.45) is 11.8 Å². The minimum Gasteiger partial charge on any atom is -0.350 e. The maximum atomic E-state index is 12.8. The number of fused-ring (bicyclic) bond motifs is 1. The second-order valence-corrected chi connectivity index (χ2v) is 7.14. The predicted molar refractivity (Wildman–Crippen MR) is 90.1 cm³/mol. The van der Waals surface area contributed by atoms with Gasteiger partial charge in [0.05, 0.1) is 17.4 Å². The zero-order chi connectivity index (χ0) is 19.8. The van der Waals surface area contributed by atoms with Gasteiger partial charge in [-0.2, -0.15) is 13.2 Å². The predicted octanol–water partition coefficient (Wildman–Crippen LogP) is 2.89. The van der Waals surface area contributed by atoms with Gasteiger partial charge in [0.1, 0.15) is 6.04 Å². The number of carbonyl (C=O) groups excluding carboxylic acids is 3. The van der Waals surface area contributed by atoms with E-state index in [9.17, 15) is 27.6 Å². The Morgan fingerprint density at radius 3 is 2.33 bits per heavy atom. The topological polar surface area (TPSA) is 66.5 Å². The third-order valence-corrected chi connectivity index (χ3v) is 5.36. The smallest absolute Gasteiger partial charge is 0.350 e. The molecule has 0 bridgehead atoms. The average Bonchev–Trinajstić information content (AvgIpc) is 2.90. The molecule has 3 amide bonds. The minimum absolute atomic E-state index is 0.115. The maximum absolute atomic E-state index is 12.8. The number of nitrogens with zero attached hydrogens (tertiary/aromatic N) is 1. The van der Waals surface area contributed by atoms with E-state index in [0.29, 0.717) is 12.8 Å². The molecule has 1 saturated carbocycles. The lowest BCUT2D eigenvalue weighted by atomic mass is 9.81. The summed E-state index contributed by atoms with van der Waals surface area (Å²) in [5.74, 6) is -1.87. The molecule has 1 saturated heterocycles. The third-order valence-electron chi connectivity index (χ3n) is 5.36. The van der Waals surface area contributed by atoms with Gasteiger partial charge in [0, 0.05) is 6.54 Å². The van der Waals surface area contributed by atoms with Gasteiger partial charge in [0.15, 0.2) is 0 Å². The van der Waals surface area contributed by atoms with E-state index < -0.39 is 23.7 Å².